The zero-order valence-electron chi connectivity index (χ0n) is 15.7. The number of carbonyl (C=O) groups excluding carboxylic acids is 2. The van der Waals surface area contributed by atoms with Crippen molar-refractivity contribution in [3.63, 3.8) is 0 Å². The van der Waals surface area contributed by atoms with Crippen molar-refractivity contribution in [3.05, 3.63) is 52.5 Å². The van der Waals surface area contributed by atoms with Gasteiger partial charge in [-0.3, -0.25) is 4.79 Å². The number of allylic oxidation sites excluding steroid dienone is 2. The SMILES string of the molecule is COC(=O)C1=Cc2cc(OC)c(OC)cc2C12C=C(OC)C(=O)C(OC)=C2. The van der Waals surface area contributed by atoms with E-state index in [9.17, 15) is 9.59 Å². The van der Waals surface area contributed by atoms with Crippen LogP contribution in [0.1, 0.15) is 11.1 Å². The van der Waals surface area contributed by atoms with Gasteiger partial charge in [0.25, 0.3) is 5.78 Å². The molecule has 0 atom stereocenters. The zero-order chi connectivity index (χ0) is 19.8. The predicted octanol–water partition coefficient (Wildman–Crippen LogP) is 2.15. The smallest absolute Gasteiger partial charge is 0.335 e. The molecule has 0 saturated carbocycles. The molecule has 0 aliphatic heterocycles. The molecule has 1 spiro atoms. The molecule has 2 aliphatic rings. The van der Waals surface area contributed by atoms with Crippen LogP contribution in [0.3, 0.4) is 0 Å². The number of Topliss-reactive ketones (excluding diaryl/α,β-unsaturated/α-hetero) is 1. The third kappa shape index (κ3) is 2.66. The monoisotopic (exact) mass is 372 g/mol. The van der Waals surface area contributed by atoms with Gasteiger partial charge in [-0.15, -0.1) is 0 Å². The van der Waals surface area contributed by atoms with Gasteiger partial charge in [0.2, 0.25) is 0 Å². The Kier molecular flexibility index (Phi) is 4.70. The Hall–Kier alpha value is -3.22. The summed E-state index contributed by atoms with van der Waals surface area (Å²) in [6.07, 6.45) is 4.89. The number of esters is 1. The quantitative estimate of drug-likeness (QED) is 0.733. The van der Waals surface area contributed by atoms with Gasteiger partial charge >= 0.3 is 5.97 Å². The Morgan fingerprint density at radius 3 is 1.89 bits per heavy atom. The molecule has 142 valence electrons. The number of methoxy groups -OCH3 is 5. The molecule has 0 saturated heterocycles. The summed E-state index contributed by atoms with van der Waals surface area (Å²) < 4.78 is 26.3. The molecule has 7 heteroatoms. The number of ketones is 1. The summed E-state index contributed by atoms with van der Waals surface area (Å²) in [6.45, 7) is 0. The van der Waals surface area contributed by atoms with Gasteiger partial charge in [0.1, 0.15) is 0 Å². The summed E-state index contributed by atoms with van der Waals surface area (Å²) in [7, 11) is 7.14. The Morgan fingerprint density at radius 2 is 1.41 bits per heavy atom. The second-order valence-electron chi connectivity index (χ2n) is 5.97. The second-order valence-corrected chi connectivity index (χ2v) is 5.97. The fraction of sp³-hybridized carbons (Fsp3) is 0.300. The Labute approximate surface area is 156 Å². The lowest BCUT2D eigenvalue weighted by Gasteiger charge is -2.31. The van der Waals surface area contributed by atoms with Crippen LogP contribution in [0.25, 0.3) is 6.08 Å². The molecule has 0 amide bonds. The number of benzene rings is 1. The second kappa shape index (κ2) is 6.83. The number of hydrogen-bond acceptors (Lipinski definition) is 7. The number of rotatable bonds is 5. The molecule has 2 aliphatic carbocycles. The maximum atomic E-state index is 12.6. The average molecular weight is 372 g/mol. The lowest BCUT2D eigenvalue weighted by atomic mass is 9.73. The number of hydrogen-bond donors (Lipinski definition) is 0. The van der Waals surface area contributed by atoms with E-state index < -0.39 is 17.2 Å². The largest absolute Gasteiger partial charge is 0.493 e. The Morgan fingerprint density at radius 1 is 0.852 bits per heavy atom. The first kappa shape index (κ1) is 18.6. The first-order chi connectivity index (χ1) is 12.9. The summed E-state index contributed by atoms with van der Waals surface area (Å²) in [5.41, 5.74) is 0.692. The fourth-order valence-electron chi connectivity index (χ4n) is 3.45. The number of fused-ring (bicyclic) bond motifs is 2. The van der Waals surface area contributed by atoms with E-state index in [2.05, 4.69) is 0 Å². The van der Waals surface area contributed by atoms with Gasteiger partial charge in [-0.05, 0) is 41.5 Å². The van der Waals surface area contributed by atoms with Crippen LogP contribution >= 0.6 is 0 Å². The Bertz CT molecular complexity index is 881. The minimum absolute atomic E-state index is 0.0757. The molecule has 0 N–H and O–H groups in total. The molecular formula is C20H20O7. The van der Waals surface area contributed by atoms with Crippen molar-refractivity contribution >= 4 is 17.8 Å². The van der Waals surface area contributed by atoms with Gasteiger partial charge in [-0.2, -0.15) is 0 Å². The molecule has 1 aromatic carbocycles. The Balaban J connectivity index is 2.35. The normalized spacial score (nSPS) is 16.8. The molecule has 3 rings (SSSR count). The van der Waals surface area contributed by atoms with Gasteiger partial charge in [-0.25, -0.2) is 4.79 Å². The highest BCUT2D eigenvalue weighted by molar-refractivity contribution is 6.10. The highest BCUT2D eigenvalue weighted by Crippen LogP contribution is 2.50. The molecule has 7 nitrogen and oxygen atoms in total. The zero-order valence-corrected chi connectivity index (χ0v) is 15.7. The lowest BCUT2D eigenvalue weighted by molar-refractivity contribution is -0.136. The first-order valence-electron chi connectivity index (χ1n) is 8.11. The van der Waals surface area contributed by atoms with Crippen molar-refractivity contribution in [2.24, 2.45) is 0 Å². The topological polar surface area (TPSA) is 80.3 Å². The molecule has 27 heavy (non-hydrogen) atoms. The van der Waals surface area contributed by atoms with Crippen molar-refractivity contribution in [2.75, 3.05) is 35.5 Å². The summed E-state index contributed by atoms with van der Waals surface area (Å²) in [5.74, 6) is 0.235. The maximum Gasteiger partial charge on any atom is 0.335 e. The summed E-state index contributed by atoms with van der Waals surface area (Å²) >= 11 is 0. The minimum atomic E-state index is -1.09. The van der Waals surface area contributed by atoms with Crippen LogP contribution in [-0.2, 0) is 29.2 Å². The van der Waals surface area contributed by atoms with Crippen LogP contribution in [0.15, 0.2) is 41.4 Å². The van der Waals surface area contributed by atoms with E-state index in [0.29, 0.717) is 17.1 Å². The number of ether oxygens (including phenoxy) is 5. The van der Waals surface area contributed by atoms with E-state index >= 15 is 0 Å². The molecule has 0 heterocycles. The molecule has 0 aromatic heterocycles. The molecule has 0 unspecified atom stereocenters. The molecule has 0 bridgehead atoms. The lowest BCUT2D eigenvalue weighted by Crippen LogP contribution is -2.33. The standard InChI is InChI=1S/C20H20O7/c1-23-14-7-11-6-13(19(22)27-5)20(12(11)8-15(14)24-2)9-16(25-3)18(21)17(10-20)26-4/h6-10H,1-5H3. The van der Waals surface area contributed by atoms with Crippen molar-refractivity contribution < 1.29 is 33.3 Å². The summed E-state index contributed by atoms with van der Waals surface area (Å²) in [5, 5.41) is 0. The highest BCUT2D eigenvalue weighted by Gasteiger charge is 2.47. The van der Waals surface area contributed by atoms with Crippen LogP contribution in [0.4, 0.5) is 0 Å². The predicted molar refractivity (Wildman–Crippen MR) is 96.4 cm³/mol. The van der Waals surface area contributed by atoms with E-state index in [4.69, 9.17) is 23.7 Å². The third-order valence-corrected chi connectivity index (χ3v) is 4.76. The van der Waals surface area contributed by atoms with E-state index in [0.717, 1.165) is 11.1 Å². The van der Waals surface area contributed by atoms with Crippen molar-refractivity contribution in [1.29, 1.82) is 0 Å². The van der Waals surface area contributed by atoms with E-state index in [1.165, 1.54) is 35.5 Å². The van der Waals surface area contributed by atoms with Crippen LogP contribution < -0.4 is 9.47 Å². The van der Waals surface area contributed by atoms with Crippen LogP contribution in [0.2, 0.25) is 0 Å². The minimum Gasteiger partial charge on any atom is -0.493 e. The number of carbonyl (C=O) groups is 2. The van der Waals surface area contributed by atoms with E-state index in [1.54, 1.807) is 30.4 Å². The van der Waals surface area contributed by atoms with Gasteiger partial charge in [-0.1, -0.05) is 0 Å². The molecule has 1 aromatic rings. The van der Waals surface area contributed by atoms with Crippen LogP contribution in [0.5, 0.6) is 11.5 Å². The average Bonchev–Trinajstić information content (AvgIpc) is 3.00. The first-order valence-corrected chi connectivity index (χ1v) is 8.11. The molecular weight excluding hydrogens is 352 g/mol. The van der Waals surface area contributed by atoms with Crippen molar-refractivity contribution in [1.82, 2.24) is 0 Å². The molecule has 0 radical (unpaired) electrons. The van der Waals surface area contributed by atoms with Crippen LogP contribution in [-0.4, -0.2) is 47.3 Å². The highest BCUT2D eigenvalue weighted by atomic mass is 16.5. The fourth-order valence-corrected chi connectivity index (χ4v) is 3.45. The van der Waals surface area contributed by atoms with Gasteiger partial charge in [0.15, 0.2) is 23.0 Å². The summed E-state index contributed by atoms with van der Waals surface area (Å²) in [4.78, 5) is 25.0. The van der Waals surface area contributed by atoms with Gasteiger partial charge in [0.05, 0.1) is 46.5 Å². The molecule has 0 fully saturated rings. The van der Waals surface area contributed by atoms with E-state index in [1.807, 2.05) is 0 Å². The van der Waals surface area contributed by atoms with Crippen molar-refractivity contribution in [2.45, 2.75) is 5.41 Å². The van der Waals surface area contributed by atoms with E-state index in [-0.39, 0.29) is 11.5 Å². The van der Waals surface area contributed by atoms with Crippen molar-refractivity contribution in [3.8, 4) is 11.5 Å². The summed E-state index contributed by atoms with van der Waals surface area (Å²) in [6, 6.07) is 3.53. The maximum absolute atomic E-state index is 12.6. The van der Waals surface area contributed by atoms with Gasteiger partial charge in [0, 0.05) is 0 Å². The van der Waals surface area contributed by atoms with Gasteiger partial charge < -0.3 is 23.7 Å². The third-order valence-electron chi connectivity index (χ3n) is 4.76. The van der Waals surface area contributed by atoms with Crippen LogP contribution in [0, 0.1) is 0 Å².